The molecule has 2 N–H and O–H groups in total. The molecule has 32 heavy (non-hydrogen) atoms. The van der Waals surface area contributed by atoms with Crippen LogP contribution >= 0.6 is 0 Å². The quantitative estimate of drug-likeness (QED) is 0.611. The highest BCUT2D eigenvalue weighted by Crippen LogP contribution is 2.49. The summed E-state index contributed by atoms with van der Waals surface area (Å²) in [6, 6.07) is 8.29. The number of sulfonamides is 1. The van der Waals surface area contributed by atoms with Gasteiger partial charge in [-0.05, 0) is 29.8 Å². The van der Waals surface area contributed by atoms with Crippen LogP contribution in [0.2, 0.25) is 0 Å². The van der Waals surface area contributed by atoms with Crippen LogP contribution in [0.25, 0.3) is 10.9 Å². The molecule has 0 aliphatic carbocycles. The van der Waals surface area contributed by atoms with Crippen molar-refractivity contribution in [2.45, 2.75) is 11.5 Å². The number of benzene rings is 1. The molecule has 1 atom stereocenters. The second-order valence-corrected chi connectivity index (χ2v) is 10.4. The Labute approximate surface area is 185 Å². The van der Waals surface area contributed by atoms with Crippen LogP contribution in [0.15, 0.2) is 42.7 Å². The van der Waals surface area contributed by atoms with E-state index in [1.807, 2.05) is 18.2 Å². The van der Waals surface area contributed by atoms with Gasteiger partial charge < -0.3 is 19.7 Å². The lowest BCUT2D eigenvalue weighted by atomic mass is 9.69. The zero-order valence-corrected chi connectivity index (χ0v) is 18.6. The van der Waals surface area contributed by atoms with Gasteiger partial charge in [0.2, 0.25) is 10.0 Å². The maximum atomic E-state index is 13.0. The third-order valence-electron chi connectivity index (χ3n) is 6.50. The number of carbonyl (C=O) groups is 1. The highest BCUT2D eigenvalue weighted by Gasteiger charge is 2.55. The molecule has 0 saturated carbocycles. The Morgan fingerprint density at radius 1 is 1.25 bits per heavy atom. The minimum atomic E-state index is -3.60. The number of hydrogen-bond donors (Lipinski definition) is 2. The van der Waals surface area contributed by atoms with Crippen molar-refractivity contribution in [2.75, 3.05) is 39.6 Å². The normalized spacial score (nSPS) is 20.2. The van der Waals surface area contributed by atoms with Crippen molar-refractivity contribution >= 4 is 26.8 Å². The molecule has 1 fully saturated rings. The Bertz CT molecular complexity index is 1300. The number of aliphatic hydroxyl groups excluding tert-OH is 1. The average molecular weight is 457 g/mol. The first-order chi connectivity index (χ1) is 15.3. The van der Waals surface area contributed by atoms with Gasteiger partial charge in [0.1, 0.15) is 5.75 Å². The van der Waals surface area contributed by atoms with Crippen LogP contribution < -0.4 is 4.74 Å². The van der Waals surface area contributed by atoms with Crippen LogP contribution in [0, 0.1) is 0 Å². The van der Waals surface area contributed by atoms with Crippen molar-refractivity contribution in [2.24, 2.45) is 0 Å². The van der Waals surface area contributed by atoms with E-state index in [1.54, 1.807) is 36.5 Å². The highest BCUT2D eigenvalue weighted by atomic mass is 32.2. The van der Waals surface area contributed by atoms with E-state index in [9.17, 15) is 18.3 Å². The first kappa shape index (κ1) is 20.9. The number of methoxy groups -OCH3 is 1. The number of nitrogens with zero attached hydrogens (tertiary/aromatic N) is 3. The smallest absolute Gasteiger partial charge is 0.254 e. The number of pyridine rings is 1. The molecule has 2 aliphatic heterocycles. The summed E-state index contributed by atoms with van der Waals surface area (Å²) in [7, 11) is -2.02. The molecule has 2 aliphatic rings. The Balaban J connectivity index is 1.61. The monoisotopic (exact) mass is 456 g/mol. The van der Waals surface area contributed by atoms with E-state index in [4.69, 9.17) is 4.74 Å². The number of nitrogens with one attached hydrogen (secondary N) is 1. The molecule has 2 aromatic heterocycles. The summed E-state index contributed by atoms with van der Waals surface area (Å²) in [6.07, 6.45) is 4.30. The molecule has 9 nitrogen and oxygen atoms in total. The Morgan fingerprint density at radius 3 is 2.59 bits per heavy atom. The summed E-state index contributed by atoms with van der Waals surface area (Å²) in [5.74, 6) is 0.560. The van der Waals surface area contributed by atoms with Gasteiger partial charge in [0, 0.05) is 65.7 Å². The minimum absolute atomic E-state index is 0.115. The Morgan fingerprint density at radius 2 is 1.97 bits per heavy atom. The number of rotatable bonds is 4. The van der Waals surface area contributed by atoms with Crippen molar-refractivity contribution in [3.05, 3.63) is 59.5 Å². The van der Waals surface area contributed by atoms with Gasteiger partial charge in [0.25, 0.3) is 5.91 Å². The summed E-state index contributed by atoms with van der Waals surface area (Å²) >= 11 is 0. The number of hydrogen-bond acceptors (Lipinski definition) is 6. The number of amides is 1. The number of aromatic nitrogens is 2. The van der Waals surface area contributed by atoms with E-state index in [0.717, 1.165) is 22.7 Å². The van der Waals surface area contributed by atoms with Gasteiger partial charge in [-0.2, -0.15) is 4.31 Å². The predicted octanol–water partition coefficient (Wildman–Crippen LogP) is 1.27. The Hall–Kier alpha value is -2.95. The summed E-state index contributed by atoms with van der Waals surface area (Å²) in [5, 5.41) is 11.1. The molecule has 0 bridgehead atoms. The molecule has 168 valence electrons. The molecule has 1 saturated heterocycles. The van der Waals surface area contributed by atoms with E-state index in [-0.39, 0.29) is 19.1 Å². The van der Waals surface area contributed by atoms with Crippen molar-refractivity contribution in [1.29, 1.82) is 0 Å². The van der Waals surface area contributed by atoms with Crippen LogP contribution in [0.1, 0.15) is 27.7 Å². The van der Waals surface area contributed by atoms with Crippen LogP contribution in [0.3, 0.4) is 0 Å². The first-order valence-corrected chi connectivity index (χ1v) is 12.1. The molecule has 1 spiro atoms. The molecule has 1 amide bonds. The largest absolute Gasteiger partial charge is 0.497 e. The Kier molecular flexibility index (Phi) is 4.77. The number of aliphatic hydroxyl groups is 1. The minimum Gasteiger partial charge on any atom is -0.497 e. The van der Waals surface area contributed by atoms with Gasteiger partial charge >= 0.3 is 0 Å². The SMILES string of the molecule is COc1ccc2c3c([nH]c2c1)[C@H](CO)N(S(C)(=O)=O)CC31CN(C(=O)c2ccncc2)C1. The second kappa shape index (κ2) is 7.29. The van der Waals surface area contributed by atoms with Crippen LogP contribution in [0.4, 0.5) is 0 Å². The summed E-state index contributed by atoms with van der Waals surface area (Å²) < 4.78 is 32.0. The van der Waals surface area contributed by atoms with Gasteiger partial charge in [0.15, 0.2) is 0 Å². The average Bonchev–Trinajstić information content (AvgIpc) is 3.15. The summed E-state index contributed by atoms with van der Waals surface area (Å²) in [6.45, 7) is 0.609. The van der Waals surface area contributed by atoms with Crippen LogP contribution in [-0.2, 0) is 15.4 Å². The fourth-order valence-corrected chi connectivity index (χ4v) is 6.19. The topological polar surface area (TPSA) is 116 Å². The third-order valence-corrected chi connectivity index (χ3v) is 7.74. The van der Waals surface area contributed by atoms with Crippen LogP contribution in [-0.4, -0.2) is 78.2 Å². The number of carbonyl (C=O) groups excluding carboxylic acids is 1. The van der Waals surface area contributed by atoms with E-state index < -0.39 is 21.5 Å². The standard InChI is InChI=1S/C22H24N4O5S/c1-31-15-3-4-16-17(9-15)24-20-18(10-27)26(32(2,29)30)13-22(19(16)20)11-25(12-22)21(28)14-5-7-23-8-6-14/h3-9,18,24,27H,10-13H2,1-2H3/t18-/m0/s1. The molecule has 3 aromatic rings. The molecule has 0 radical (unpaired) electrons. The van der Waals surface area contributed by atoms with Gasteiger partial charge in [-0.15, -0.1) is 0 Å². The van der Waals surface area contributed by atoms with E-state index in [2.05, 4.69) is 9.97 Å². The van der Waals surface area contributed by atoms with Crippen molar-refractivity contribution < 1.29 is 23.1 Å². The molecular formula is C22H24N4O5S. The molecule has 10 heteroatoms. The highest BCUT2D eigenvalue weighted by molar-refractivity contribution is 7.88. The van der Waals surface area contributed by atoms with E-state index >= 15 is 0 Å². The molecular weight excluding hydrogens is 432 g/mol. The number of likely N-dealkylation sites (tertiary alicyclic amines) is 1. The lowest BCUT2D eigenvalue weighted by Crippen LogP contribution is -2.68. The lowest BCUT2D eigenvalue weighted by Gasteiger charge is -2.55. The van der Waals surface area contributed by atoms with Crippen LogP contribution in [0.5, 0.6) is 5.75 Å². The number of H-pyrrole nitrogens is 1. The second-order valence-electron chi connectivity index (χ2n) is 8.51. The van der Waals surface area contributed by atoms with Gasteiger partial charge in [0.05, 0.1) is 26.0 Å². The summed E-state index contributed by atoms with van der Waals surface area (Å²) in [4.78, 5) is 22.0. The zero-order chi connectivity index (χ0) is 22.7. The zero-order valence-electron chi connectivity index (χ0n) is 17.8. The maximum Gasteiger partial charge on any atom is 0.254 e. The fraction of sp³-hybridized carbons (Fsp3) is 0.364. The van der Waals surface area contributed by atoms with E-state index in [0.29, 0.717) is 30.1 Å². The number of aromatic amines is 1. The lowest BCUT2D eigenvalue weighted by molar-refractivity contribution is 0.0213. The predicted molar refractivity (Wildman–Crippen MR) is 118 cm³/mol. The van der Waals surface area contributed by atoms with Gasteiger partial charge in [-0.1, -0.05) is 0 Å². The van der Waals surface area contributed by atoms with E-state index in [1.165, 1.54) is 4.31 Å². The molecule has 1 aromatic carbocycles. The van der Waals surface area contributed by atoms with Crippen molar-refractivity contribution in [3.63, 3.8) is 0 Å². The third kappa shape index (κ3) is 3.09. The fourth-order valence-electron chi connectivity index (χ4n) is 5.07. The van der Waals surface area contributed by atoms with Gasteiger partial charge in [-0.25, -0.2) is 8.42 Å². The summed E-state index contributed by atoms with van der Waals surface area (Å²) in [5.41, 5.74) is 2.42. The van der Waals surface area contributed by atoms with Gasteiger partial charge in [-0.3, -0.25) is 9.78 Å². The number of fused-ring (bicyclic) bond motifs is 4. The first-order valence-electron chi connectivity index (χ1n) is 10.2. The molecule has 5 rings (SSSR count). The maximum absolute atomic E-state index is 13.0. The van der Waals surface area contributed by atoms with Crippen molar-refractivity contribution in [3.8, 4) is 5.75 Å². The van der Waals surface area contributed by atoms with Crippen molar-refractivity contribution in [1.82, 2.24) is 19.2 Å². The molecule has 0 unspecified atom stereocenters. The number of ether oxygens (including phenoxy) is 1. The molecule has 4 heterocycles.